The number of hydrogen-bond donors (Lipinski definition) is 2. The largest absolute Gasteiger partial charge is 0.462 e. The van der Waals surface area contributed by atoms with Gasteiger partial charge in [0, 0.05) is 12.3 Å². The van der Waals surface area contributed by atoms with Gasteiger partial charge in [-0.15, -0.1) is 0 Å². The Bertz CT molecular complexity index is 1710. The van der Waals surface area contributed by atoms with Crippen LogP contribution in [0.15, 0.2) is 71.8 Å². The van der Waals surface area contributed by atoms with Crippen molar-refractivity contribution in [1.82, 2.24) is 10.6 Å². The fraction of sp³-hybridized carbons (Fsp3) is 0.512. The lowest BCUT2D eigenvalue weighted by Crippen LogP contribution is -2.44. The van der Waals surface area contributed by atoms with Gasteiger partial charge in [0.1, 0.15) is 28.9 Å². The molecule has 0 aliphatic carbocycles. The first-order valence-corrected chi connectivity index (χ1v) is 19.3. The van der Waals surface area contributed by atoms with Crippen molar-refractivity contribution in [3.05, 3.63) is 82.9 Å². The second kappa shape index (κ2) is 22.6. The van der Waals surface area contributed by atoms with E-state index in [1.165, 1.54) is 6.08 Å². The molecule has 2 amide bonds. The molecule has 0 aliphatic heterocycles. The molecule has 2 rings (SSSR count). The Morgan fingerprint density at radius 1 is 0.684 bits per heavy atom. The summed E-state index contributed by atoms with van der Waals surface area (Å²) in [5.74, 6) is -7.62. The van der Waals surface area contributed by atoms with E-state index in [-0.39, 0.29) is 31.1 Å². The van der Waals surface area contributed by atoms with Crippen molar-refractivity contribution in [2.24, 2.45) is 17.8 Å². The zero-order valence-corrected chi connectivity index (χ0v) is 35.1. The third kappa shape index (κ3) is 18.6. The number of carbonyl (C=O) groups is 7. The van der Waals surface area contributed by atoms with E-state index in [2.05, 4.69) is 10.6 Å². The van der Waals surface area contributed by atoms with Crippen LogP contribution >= 0.6 is 11.6 Å². The summed E-state index contributed by atoms with van der Waals surface area (Å²) in [4.78, 5) is 93.2. The summed E-state index contributed by atoms with van der Waals surface area (Å²) in [5.41, 5.74) is -0.578. The number of benzene rings is 2. The maximum absolute atomic E-state index is 14.2. The second-order valence-corrected chi connectivity index (χ2v) is 16.3. The summed E-state index contributed by atoms with van der Waals surface area (Å²) in [7, 11) is 0. The van der Waals surface area contributed by atoms with Crippen LogP contribution in [0.4, 0.5) is 0 Å². The molecule has 0 heterocycles. The molecular weight excluding hydrogens is 756 g/mol. The van der Waals surface area contributed by atoms with Crippen LogP contribution in [0.5, 0.6) is 0 Å². The quantitative estimate of drug-likeness (QED) is 0.0851. The van der Waals surface area contributed by atoms with Crippen LogP contribution in [0.2, 0.25) is 0 Å². The molecule has 0 saturated carbocycles. The topological polar surface area (TPSA) is 180 Å². The van der Waals surface area contributed by atoms with Gasteiger partial charge in [-0.1, -0.05) is 86.1 Å². The van der Waals surface area contributed by atoms with Crippen LogP contribution in [0, 0.1) is 17.8 Å². The molecule has 2 aromatic carbocycles. The summed E-state index contributed by atoms with van der Waals surface area (Å²) >= 11 is 6.19. The fourth-order valence-electron chi connectivity index (χ4n) is 5.51. The number of ketones is 1. The van der Waals surface area contributed by atoms with Crippen molar-refractivity contribution in [2.45, 2.75) is 118 Å². The predicted molar refractivity (Wildman–Crippen MR) is 213 cm³/mol. The van der Waals surface area contributed by atoms with E-state index < -0.39 is 95.4 Å². The smallest absolute Gasteiger partial charge is 0.349 e. The highest BCUT2D eigenvalue weighted by Crippen LogP contribution is 2.25. The Hall–Kier alpha value is -5.04. The fourth-order valence-corrected chi connectivity index (χ4v) is 5.72. The minimum atomic E-state index is -1.29. The van der Waals surface area contributed by atoms with E-state index in [0.717, 1.165) is 5.56 Å². The van der Waals surface area contributed by atoms with Crippen LogP contribution in [-0.4, -0.2) is 65.3 Å². The van der Waals surface area contributed by atoms with Gasteiger partial charge in [-0.25, -0.2) is 4.79 Å². The summed E-state index contributed by atoms with van der Waals surface area (Å²) in [6.07, 6.45) is -0.521. The molecule has 0 fully saturated rings. The number of ether oxygens (including phenoxy) is 4. The van der Waals surface area contributed by atoms with Crippen LogP contribution in [0.3, 0.4) is 0 Å². The molecule has 0 spiro atoms. The molecule has 13 nitrogen and oxygen atoms in total. The monoisotopic (exact) mass is 812 g/mol. The van der Waals surface area contributed by atoms with E-state index in [4.69, 9.17) is 30.5 Å². The Balaban J connectivity index is 2.40. The van der Waals surface area contributed by atoms with Crippen LogP contribution in [-0.2, 0) is 59.1 Å². The molecule has 0 unspecified atom stereocenters. The van der Waals surface area contributed by atoms with Crippen LogP contribution in [0.1, 0.15) is 105 Å². The van der Waals surface area contributed by atoms with Gasteiger partial charge in [0.15, 0.2) is 5.78 Å². The first-order valence-electron chi connectivity index (χ1n) is 18.9. The van der Waals surface area contributed by atoms with Crippen molar-refractivity contribution in [1.29, 1.82) is 0 Å². The summed E-state index contributed by atoms with van der Waals surface area (Å²) < 4.78 is 21.2. The number of esters is 4. The Labute approximate surface area is 340 Å². The van der Waals surface area contributed by atoms with Gasteiger partial charge in [0.2, 0.25) is 11.8 Å². The number of hydrogen-bond acceptors (Lipinski definition) is 11. The lowest BCUT2D eigenvalue weighted by atomic mass is 9.86. The van der Waals surface area contributed by atoms with Gasteiger partial charge < -0.3 is 29.6 Å². The average molecular weight is 813 g/mol. The normalized spacial score (nSPS) is 14.0. The van der Waals surface area contributed by atoms with E-state index in [0.29, 0.717) is 5.56 Å². The molecule has 2 aromatic rings. The predicted octanol–water partition coefficient (Wildman–Crippen LogP) is 6.46. The number of Topliss-reactive ketones (excluding diaryl/α,β-unsaturated/α-hetero) is 1. The van der Waals surface area contributed by atoms with Crippen molar-refractivity contribution in [3.63, 3.8) is 0 Å². The first-order chi connectivity index (χ1) is 26.6. The summed E-state index contributed by atoms with van der Waals surface area (Å²) in [6.45, 7) is 15.1. The molecule has 14 heteroatoms. The third-order valence-corrected chi connectivity index (χ3v) is 8.40. The molecule has 0 saturated heterocycles. The van der Waals surface area contributed by atoms with E-state index in [1.807, 2.05) is 6.07 Å². The number of rotatable bonds is 20. The van der Waals surface area contributed by atoms with Crippen molar-refractivity contribution < 1.29 is 52.5 Å². The second-order valence-electron chi connectivity index (χ2n) is 15.9. The van der Waals surface area contributed by atoms with E-state index >= 15 is 0 Å². The molecule has 2 N–H and O–H groups in total. The molecular formula is C43H57ClN2O11. The molecule has 312 valence electrons. The standard InChI is InChI=1S/C43H57ClN2O11/c1-10-54-41(53)33(44)23-31(24-37(50)57-43(7,8)9)45-40(52)32(27(2)3)25-34(47)38(29-19-15-12-16-20-29)46-39(51)30(22-36(49)56-42(4,5)6)21-35(48)55-26-28-17-13-11-14-18-28/h11-20,23,27,30-32,38H,10,21-22,24-26H2,1-9H3,(H,45,52)(H,46,51)/b33-23-/t30-,31+,32-,38-/m0/s1. The van der Waals surface area contributed by atoms with Gasteiger partial charge in [0.05, 0.1) is 37.8 Å². The number of amides is 2. The molecule has 0 radical (unpaired) electrons. The Morgan fingerprint density at radius 2 is 1.21 bits per heavy atom. The van der Waals surface area contributed by atoms with Gasteiger partial charge in [-0.2, -0.15) is 0 Å². The van der Waals surface area contributed by atoms with Crippen molar-refractivity contribution >= 4 is 53.1 Å². The van der Waals surface area contributed by atoms with E-state index in [9.17, 15) is 33.6 Å². The average Bonchev–Trinajstić information content (AvgIpc) is 3.10. The minimum absolute atomic E-state index is 0.0444. The van der Waals surface area contributed by atoms with Crippen LogP contribution < -0.4 is 10.6 Å². The Morgan fingerprint density at radius 3 is 1.74 bits per heavy atom. The Kier molecular flexibility index (Phi) is 19.1. The number of carbonyl (C=O) groups excluding carboxylic acids is 7. The van der Waals surface area contributed by atoms with Gasteiger partial charge >= 0.3 is 23.9 Å². The molecule has 0 aliphatic rings. The van der Waals surface area contributed by atoms with E-state index in [1.54, 1.807) is 117 Å². The van der Waals surface area contributed by atoms with Crippen molar-refractivity contribution in [3.8, 4) is 0 Å². The lowest BCUT2D eigenvalue weighted by Gasteiger charge is -2.27. The molecule has 0 bridgehead atoms. The van der Waals surface area contributed by atoms with Gasteiger partial charge in [-0.3, -0.25) is 28.8 Å². The highest BCUT2D eigenvalue weighted by atomic mass is 35.5. The highest BCUT2D eigenvalue weighted by molar-refractivity contribution is 6.41. The SMILES string of the molecule is CCOC(=O)/C(Cl)=C/[C@H](CC(=O)OC(C)(C)C)NC(=O)[C@@H](CC(=O)[C@@H](NC(=O)[C@@H](CC(=O)OCc1ccccc1)CC(=O)OC(C)(C)C)c1ccccc1)C(C)C. The maximum atomic E-state index is 14.2. The first kappa shape index (κ1) is 48.1. The number of nitrogens with one attached hydrogen (secondary N) is 2. The highest BCUT2D eigenvalue weighted by Gasteiger charge is 2.35. The number of halogens is 1. The van der Waals surface area contributed by atoms with Crippen LogP contribution in [0.25, 0.3) is 0 Å². The van der Waals surface area contributed by atoms with Crippen molar-refractivity contribution in [2.75, 3.05) is 6.61 Å². The minimum Gasteiger partial charge on any atom is -0.462 e. The molecule has 57 heavy (non-hydrogen) atoms. The molecule has 4 atom stereocenters. The zero-order chi connectivity index (χ0) is 42.9. The summed E-state index contributed by atoms with van der Waals surface area (Å²) in [6, 6.07) is 14.9. The van der Waals surface area contributed by atoms with Gasteiger partial charge in [0.25, 0.3) is 0 Å². The zero-order valence-electron chi connectivity index (χ0n) is 34.3. The lowest BCUT2D eigenvalue weighted by molar-refractivity contribution is -0.159. The third-order valence-electron chi connectivity index (χ3n) is 8.12. The summed E-state index contributed by atoms with van der Waals surface area (Å²) in [5, 5.41) is 5.09. The van der Waals surface area contributed by atoms with Gasteiger partial charge in [-0.05, 0) is 71.6 Å². The maximum Gasteiger partial charge on any atom is 0.349 e. The molecule has 0 aromatic heterocycles.